The van der Waals surface area contributed by atoms with Crippen LogP contribution < -0.4 is 16.4 Å². The summed E-state index contributed by atoms with van der Waals surface area (Å²) in [6.07, 6.45) is 2.49. The highest BCUT2D eigenvalue weighted by molar-refractivity contribution is 6.12. The summed E-state index contributed by atoms with van der Waals surface area (Å²) in [6.45, 7) is 1.62. The van der Waals surface area contributed by atoms with Gasteiger partial charge in [0.15, 0.2) is 5.82 Å². The van der Waals surface area contributed by atoms with Gasteiger partial charge in [-0.25, -0.2) is 9.97 Å². The molecule has 1 aromatic heterocycles. The van der Waals surface area contributed by atoms with E-state index in [1.165, 1.54) is 25.0 Å². The van der Waals surface area contributed by atoms with Gasteiger partial charge in [0.1, 0.15) is 11.5 Å². The lowest BCUT2D eigenvalue weighted by Gasteiger charge is -2.42. The van der Waals surface area contributed by atoms with Gasteiger partial charge in [0, 0.05) is 24.7 Å². The first-order chi connectivity index (χ1) is 14.2. The second kappa shape index (κ2) is 7.54. The lowest BCUT2D eigenvalue weighted by Crippen LogP contribution is -2.47. The normalized spacial score (nSPS) is 21.2. The van der Waals surface area contributed by atoms with E-state index >= 15 is 0 Å². The first-order valence-electron chi connectivity index (χ1n) is 10.1. The average molecular weight is 418 g/mol. The van der Waals surface area contributed by atoms with Gasteiger partial charge in [-0.2, -0.15) is 13.2 Å². The Morgan fingerprint density at radius 2 is 1.93 bits per heavy atom. The van der Waals surface area contributed by atoms with E-state index in [-0.39, 0.29) is 34.2 Å². The second-order valence-corrected chi connectivity index (χ2v) is 8.26. The first-order valence-corrected chi connectivity index (χ1v) is 10.1. The number of hydrogen-bond acceptors (Lipinski definition) is 6. The minimum Gasteiger partial charge on any atom is -0.382 e. The summed E-state index contributed by atoms with van der Waals surface area (Å²) >= 11 is 0. The molecule has 2 aliphatic rings. The van der Waals surface area contributed by atoms with Gasteiger partial charge in [-0.15, -0.1) is 0 Å². The molecule has 0 unspecified atom stereocenters. The van der Waals surface area contributed by atoms with Gasteiger partial charge in [0.2, 0.25) is 0 Å². The van der Waals surface area contributed by atoms with Crippen molar-refractivity contribution in [2.75, 3.05) is 23.7 Å². The number of piperidine rings is 1. The molecule has 2 heterocycles. The number of halogens is 3. The maximum atomic E-state index is 13.0. The Morgan fingerprint density at radius 1 is 1.20 bits per heavy atom. The molecule has 1 spiro atoms. The molecule has 2 aromatic rings. The molecule has 1 saturated heterocycles. The van der Waals surface area contributed by atoms with Gasteiger partial charge >= 0.3 is 6.18 Å². The molecule has 1 atom stereocenters. The predicted octanol–water partition coefficient (Wildman–Crippen LogP) is 3.59. The van der Waals surface area contributed by atoms with Crippen molar-refractivity contribution in [1.29, 1.82) is 5.41 Å². The van der Waals surface area contributed by atoms with E-state index in [4.69, 9.17) is 16.9 Å². The smallest absolute Gasteiger partial charge is 0.382 e. The zero-order valence-electron chi connectivity index (χ0n) is 16.5. The molecule has 1 aliphatic heterocycles. The van der Waals surface area contributed by atoms with Crippen molar-refractivity contribution in [1.82, 2.24) is 9.97 Å². The summed E-state index contributed by atoms with van der Waals surface area (Å²) < 4.78 is 38.9. The van der Waals surface area contributed by atoms with Gasteiger partial charge < -0.3 is 16.4 Å². The van der Waals surface area contributed by atoms with Crippen molar-refractivity contribution < 1.29 is 13.2 Å². The topological polar surface area (TPSA) is 105 Å². The highest BCUT2D eigenvalue weighted by Crippen LogP contribution is 2.45. The van der Waals surface area contributed by atoms with Crippen LogP contribution >= 0.6 is 0 Å². The van der Waals surface area contributed by atoms with Crippen molar-refractivity contribution in [3.8, 4) is 0 Å². The molecule has 1 aromatic carbocycles. The van der Waals surface area contributed by atoms with Crippen LogP contribution in [0.3, 0.4) is 0 Å². The quantitative estimate of drug-likeness (QED) is 0.661. The molecule has 0 amide bonds. The Kier molecular flexibility index (Phi) is 5.17. The maximum Gasteiger partial charge on any atom is 0.416 e. The number of rotatable bonds is 3. The summed E-state index contributed by atoms with van der Waals surface area (Å²) in [7, 11) is 0. The third-order valence-corrected chi connectivity index (χ3v) is 6.56. The molecule has 4 rings (SSSR count). The number of anilines is 2. The summed E-state index contributed by atoms with van der Waals surface area (Å²) in [5.41, 5.74) is 11.8. The molecule has 1 saturated carbocycles. The van der Waals surface area contributed by atoms with Crippen molar-refractivity contribution >= 4 is 17.3 Å². The minimum absolute atomic E-state index is 0.0350. The van der Waals surface area contributed by atoms with Gasteiger partial charge in [-0.05, 0) is 43.2 Å². The van der Waals surface area contributed by atoms with E-state index in [0.29, 0.717) is 5.82 Å². The third-order valence-electron chi connectivity index (χ3n) is 6.56. The van der Waals surface area contributed by atoms with Crippen molar-refractivity contribution in [2.45, 2.75) is 44.3 Å². The van der Waals surface area contributed by atoms with Crippen LogP contribution in [0.1, 0.15) is 48.9 Å². The zero-order valence-corrected chi connectivity index (χ0v) is 16.5. The summed E-state index contributed by atoms with van der Waals surface area (Å²) in [4.78, 5) is 10.8. The Morgan fingerprint density at radius 3 is 2.53 bits per heavy atom. The third kappa shape index (κ3) is 3.74. The SMILES string of the molecule is N=C(c1cccc(C(F)(F)F)c1)c1ncc(N2CCC3(CCC[C@H]3N)CC2)nc1N. The van der Waals surface area contributed by atoms with Crippen LogP contribution in [0.25, 0.3) is 0 Å². The highest BCUT2D eigenvalue weighted by atomic mass is 19.4. The van der Waals surface area contributed by atoms with Gasteiger partial charge in [0.25, 0.3) is 0 Å². The Bertz CT molecular complexity index is 950. The number of alkyl halides is 3. The molecule has 0 radical (unpaired) electrons. The molecule has 0 bridgehead atoms. The maximum absolute atomic E-state index is 13.0. The standard InChI is InChI=1S/C21H25F3N6/c22-21(23,24)14-4-1-3-13(11-14)17(26)18-19(27)29-16(12-28-18)30-9-7-20(8-10-30)6-2-5-15(20)25/h1,3-4,11-12,15,26H,2,5-10,25H2,(H2,27,29)/t15-/m1/s1. The second-order valence-electron chi connectivity index (χ2n) is 8.26. The number of aromatic nitrogens is 2. The predicted molar refractivity (Wildman–Crippen MR) is 110 cm³/mol. The van der Waals surface area contributed by atoms with Crippen molar-refractivity contribution in [3.05, 3.63) is 47.3 Å². The van der Waals surface area contributed by atoms with Crippen LogP contribution in [0.15, 0.2) is 30.5 Å². The highest BCUT2D eigenvalue weighted by Gasteiger charge is 2.43. The molecular weight excluding hydrogens is 393 g/mol. The van der Waals surface area contributed by atoms with E-state index in [9.17, 15) is 13.2 Å². The van der Waals surface area contributed by atoms with Crippen LogP contribution in [0.4, 0.5) is 24.8 Å². The summed E-state index contributed by atoms with van der Waals surface area (Å²) in [5.74, 6) is 0.655. The molecule has 1 aliphatic carbocycles. The number of hydrogen-bond donors (Lipinski definition) is 3. The number of nitrogens with zero attached hydrogens (tertiary/aromatic N) is 3. The first kappa shape index (κ1) is 20.6. The largest absolute Gasteiger partial charge is 0.416 e. The molecule has 6 nitrogen and oxygen atoms in total. The van der Waals surface area contributed by atoms with E-state index in [2.05, 4.69) is 14.9 Å². The van der Waals surface area contributed by atoms with Gasteiger partial charge in [-0.3, -0.25) is 5.41 Å². The number of nitrogen functional groups attached to an aromatic ring is 1. The van der Waals surface area contributed by atoms with Crippen LogP contribution in [0, 0.1) is 10.8 Å². The Labute approximate surface area is 173 Å². The lowest BCUT2D eigenvalue weighted by molar-refractivity contribution is -0.137. The number of nitrogens with one attached hydrogen (secondary N) is 1. The van der Waals surface area contributed by atoms with E-state index < -0.39 is 11.7 Å². The van der Waals surface area contributed by atoms with Crippen molar-refractivity contribution in [2.24, 2.45) is 11.1 Å². The number of benzene rings is 1. The van der Waals surface area contributed by atoms with Crippen LogP contribution in [-0.2, 0) is 6.18 Å². The fourth-order valence-corrected chi connectivity index (χ4v) is 4.69. The van der Waals surface area contributed by atoms with Gasteiger partial charge in [0.05, 0.1) is 17.5 Å². The molecule has 160 valence electrons. The Balaban J connectivity index is 1.51. The van der Waals surface area contributed by atoms with Crippen molar-refractivity contribution in [3.63, 3.8) is 0 Å². The Hall–Kier alpha value is -2.68. The van der Waals surface area contributed by atoms with E-state index in [1.54, 1.807) is 6.20 Å². The van der Waals surface area contributed by atoms with Gasteiger partial charge in [-0.1, -0.05) is 18.6 Å². The van der Waals surface area contributed by atoms with Crippen LogP contribution in [-0.4, -0.2) is 34.8 Å². The monoisotopic (exact) mass is 418 g/mol. The van der Waals surface area contributed by atoms with Crippen LogP contribution in [0.5, 0.6) is 0 Å². The fraction of sp³-hybridized carbons (Fsp3) is 0.476. The summed E-state index contributed by atoms with van der Waals surface area (Å²) in [5, 5.41) is 8.28. The lowest BCUT2D eigenvalue weighted by atomic mass is 9.74. The molecule has 2 fully saturated rings. The van der Waals surface area contributed by atoms with E-state index in [0.717, 1.165) is 44.5 Å². The zero-order chi connectivity index (χ0) is 21.5. The minimum atomic E-state index is -4.48. The molecular formula is C21H25F3N6. The fourth-order valence-electron chi connectivity index (χ4n) is 4.69. The average Bonchev–Trinajstić information content (AvgIpc) is 3.07. The van der Waals surface area contributed by atoms with Crippen LogP contribution in [0.2, 0.25) is 0 Å². The van der Waals surface area contributed by atoms with E-state index in [1.807, 2.05) is 0 Å². The summed E-state index contributed by atoms with van der Waals surface area (Å²) in [6, 6.07) is 4.84. The number of nitrogens with two attached hydrogens (primary N) is 2. The molecule has 5 N–H and O–H groups in total. The molecule has 9 heteroatoms. The molecule has 30 heavy (non-hydrogen) atoms.